The lowest BCUT2D eigenvalue weighted by Gasteiger charge is -2.08. The number of para-hydroxylation sites is 2. The fourth-order valence-corrected chi connectivity index (χ4v) is 5.59. The lowest BCUT2D eigenvalue weighted by molar-refractivity contribution is 0.654. The molecule has 0 radical (unpaired) electrons. The van der Waals surface area contributed by atoms with E-state index in [9.17, 15) is 0 Å². The maximum Gasteiger partial charge on any atom is 0.231 e. The molecule has 0 spiro atoms. The van der Waals surface area contributed by atoms with Gasteiger partial charge in [-0.05, 0) is 30.3 Å². The molecule has 3 heterocycles. The molecule has 0 aliphatic carbocycles. The van der Waals surface area contributed by atoms with Crippen LogP contribution in [-0.4, -0.2) is 14.5 Å². The van der Waals surface area contributed by atoms with Gasteiger partial charge in [0.1, 0.15) is 5.58 Å². The normalized spacial score (nSPS) is 11.7. The lowest BCUT2D eigenvalue weighted by Crippen LogP contribution is -1.94. The number of rotatable bonds is 3. The first-order valence-electron chi connectivity index (χ1n) is 12.7. The number of hydrogen-bond donors (Lipinski definition) is 0. The molecule has 4 heteroatoms. The quantitative estimate of drug-likeness (QED) is 0.250. The van der Waals surface area contributed by atoms with E-state index in [-0.39, 0.29) is 0 Å². The zero-order valence-electron chi connectivity index (χ0n) is 20.4. The van der Waals surface area contributed by atoms with E-state index >= 15 is 0 Å². The number of furan rings is 1. The van der Waals surface area contributed by atoms with Gasteiger partial charge in [-0.3, -0.25) is 0 Å². The molecule has 0 fully saturated rings. The summed E-state index contributed by atoms with van der Waals surface area (Å²) < 4.78 is 8.81. The van der Waals surface area contributed by atoms with E-state index in [1.54, 1.807) is 0 Å². The summed E-state index contributed by atoms with van der Waals surface area (Å²) in [6.07, 6.45) is 0. The van der Waals surface area contributed by atoms with Crippen molar-refractivity contribution in [3.63, 3.8) is 0 Å². The Hall–Kier alpha value is -5.22. The van der Waals surface area contributed by atoms with Gasteiger partial charge in [0.15, 0.2) is 5.82 Å². The fourth-order valence-electron chi connectivity index (χ4n) is 5.59. The molecule has 3 aromatic heterocycles. The number of nitrogens with zero attached hydrogens (tertiary/aromatic N) is 3. The van der Waals surface area contributed by atoms with E-state index in [4.69, 9.17) is 14.4 Å². The Morgan fingerprint density at radius 3 is 1.92 bits per heavy atom. The molecule has 0 aliphatic heterocycles. The van der Waals surface area contributed by atoms with E-state index in [1.807, 2.05) is 54.6 Å². The average molecular weight is 488 g/mol. The van der Waals surface area contributed by atoms with Crippen LogP contribution in [0.15, 0.2) is 132 Å². The third-order valence-electron chi connectivity index (χ3n) is 7.23. The van der Waals surface area contributed by atoms with Crippen LogP contribution < -0.4 is 0 Å². The summed E-state index contributed by atoms with van der Waals surface area (Å²) in [5.41, 5.74) is 7.66. The van der Waals surface area contributed by atoms with Crippen LogP contribution in [0.1, 0.15) is 0 Å². The molecule has 0 unspecified atom stereocenters. The van der Waals surface area contributed by atoms with Gasteiger partial charge in [-0.2, -0.15) is 4.98 Å². The van der Waals surface area contributed by atoms with Gasteiger partial charge in [0, 0.05) is 33.0 Å². The molecule has 0 N–H and O–H groups in total. The van der Waals surface area contributed by atoms with Crippen LogP contribution in [0.3, 0.4) is 0 Å². The van der Waals surface area contributed by atoms with Crippen LogP contribution in [-0.2, 0) is 0 Å². The predicted molar refractivity (Wildman–Crippen MR) is 155 cm³/mol. The van der Waals surface area contributed by atoms with Crippen LogP contribution in [0, 0.1) is 0 Å². The first-order chi connectivity index (χ1) is 18.9. The van der Waals surface area contributed by atoms with Crippen molar-refractivity contribution < 1.29 is 4.42 Å². The van der Waals surface area contributed by atoms with Gasteiger partial charge in [0.05, 0.1) is 22.1 Å². The minimum atomic E-state index is 0.594. The van der Waals surface area contributed by atoms with Crippen molar-refractivity contribution in [2.24, 2.45) is 0 Å². The summed E-state index contributed by atoms with van der Waals surface area (Å²) in [6, 6.07) is 43.7. The molecule has 0 bridgehead atoms. The molecule has 5 aromatic carbocycles. The van der Waals surface area contributed by atoms with Crippen molar-refractivity contribution in [2.45, 2.75) is 0 Å². The molecular weight excluding hydrogens is 466 g/mol. The molecule has 0 saturated heterocycles. The van der Waals surface area contributed by atoms with Gasteiger partial charge >= 0.3 is 0 Å². The number of benzene rings is 5. The summed E-state index contributed by atoms with van der Waals surface area (Å²) in [5, 5.41) is 4.30. The topological polar surface area (TPSA) is 43.9 Å². The van der Waals surface area contributed by atoms with E-state index in [2.05, 4.69) is 77.4 Å². The molecule has 0 aliphatic rings. The van der Waals surface area contributed by atoms with Crippen molar-refractivity contribution in [1.82, 2.24) is 14.5 Å². The Morgan fingerprint density at radius 1 is 0.500 bits per heavy atom. The Balaban J connectivity index is 1.57. The molecular formula is C34H21N3O. The summed E-state index contributed by atoms with van der Waals surface area (Å²) in [6.45, 7) is 0. The zero-order valence-corrected chi connectivity index (χ0v) is 20.4. The van der Waals surface area contributed by atoms with E-state index in [0.717, 1.165) is 55.3 Å². The van der Waals surface area contributed by atoms with Crippen LogP contribution in [0.25, 0.3) is 72.2 Å². The maximum absolute atomic E-state index is 6.49. The largest absolute Gasteiger partial charge is 0.438 e. The fraction of sp³-hybridized carbons (Fsp3) is 0. The Kier molecular flexibility index (Phi) is 4.49. The van der Waals surface area contributed by atoms with Crippen molar-refractivity contribution in [3.05, 3.63) is 127 Å². The third-order valence-corrected chi connectivity index (χ3v) is 7.23. The van der Waals surface area contributed by atoms with Crippen LogP contribution in [0.5, 0.6) is 0 Å². The Labute approximate surface area is 218 Å². The third kappa shape index (κ3) is 3.04. The minimum absolute atomic E-state index is 0.594. The van der Waals surface area contributed by atoms with Crippen molar-refractivity contribution in [3.8, 4) is 28.3 Å². The predicted octanol–water partition coefficient (Wildman–Crippen LogP) is 8.81. The Morgan fingerprint density at radius 2 is 1.16 bits per heavy atom. The SMILES string of the molecule is c1ccc(-c2nc(-c3ccccc3)c3c(n2)oc2ccc4c(c5ccccc5n4-c4ccccc4)c23)cc1. The van der Waals surface area contributed by atoms with Gasteiger partial charge in [-0.25, -0.2) is 4.98 Å². The Bertz CT molecular complexity index is 2110. The van der Waals surface area contributed by atoms with Gasteiger partial charge in [-0.1, -0.05) is 97.1 Å². The second kappa shape index (κ2) is 8.15. The first kappa shape index (κ1) is 20.9. The highest BCUT2D eigenvalue weighted by Crippen LogP contribution is 2.43. The van der Waals surface area contributed by atoms with Crippen LogP contribution in [0.4, 0.5) is 0 Å². The smallest absolute Gasteiger partial charge is 0.231 e. The highest BCUT2D eigenvalue weighted by atomic mass is 16.3. The molecule has 38 heavy (non-hydrogen) atoms. The van der Waals surface area contributed by atoms with Crippen molar-refractivity contribution in [1.29, 1.82) is 0 Å². The van der Waals surface area contributed by atoms with Gasteiger partial charge in [0.2, 0.25) is 5.71 Å². The van der Waals surface area contributed by atoms with Crippen molar-refractivity contribution in [2.75, 3.05) is 0 Å². The molecule has 8 rings (SSSR count). The average Bonchev–Trinajstić information content (AvgIpc) is 3.53. The van der Waals surface area contributed by atoms with E-state index < -0.39 is 0 Å². The highest BCUT2D eigenvalue weighted by Gasteiger charge is 2.23. The van der Waals surface area contributed by atoms with E-state index in [1.165, 1.54) is 5.39 Å². The zero-order chi connectivity index (χ0) is 25.1. The van der Waals surface area contributed by atoms with E-state index in [0.29, 0.717) is 11.5 Å². The number of hydrogen-bond acceptors (Lipinski definition) is 3. The van der Waals surface area contributed by atoms with Gasteiger partial charge in [-0.15, -0.1) is 0 Å². The second-order valence-corrected chi connectivity index (χ2v) is 9.43. The van der Waals surface area contributed by atoms with Gasteiger partial charge < -0.3 is 8.98 Å². The maximum atomic E-state index is 6.49. The van der Waals surface area contributed by atoms with Gasteiger partial charge in [0.25, 0.3) is 0 Å². The summed E-state index contributed by atoms with van der Waals surface area (Å²) in [5.74, 6) is 0.652. The number of fused-ring (bicyclic) bond motifs is 7. The van der Waals surface area contributed by atoms with Crippen molar-refractivity contribution >= 4 is 43.9 Å². The summed E-state index contributed by atoms with van der Waals surface area (Å²) in [4.78, 5) is 10.1. The molecule has 178 valence electrons. The lowest BCUT2D eigenvalue weighted by atomic mass is 10.0. The van der Waals surface area contributed by atoms with Crippen LogP contribution in [0.2, 0.25) is 0 Å². The summed E-state index contributed by atoms with van der Waals surface area (Å²) >= 11 is 0. The second-order valence-electron chi connectivity index (χ2n) is 9.43. The minimum Gasteiger partial charge on any atom is -0.438 e. The van der Waals surface area contributed by atoms with Crippen LogP contribution >= 0.6 is 0 Å². The monoisotopic (exact) mass is 487 g/mol. The number of aromatic nitrogens is 3. The molecule has 4 nitrogen and oxygen atoms in total. The molecule has 0 atom stereocenters. The first-order valence-corrected chi connectivity index (χ1v) is 12.7. The summed E-state index contributed by atoms with van der Waals surface area (Å²) in [7, 11) is 0. The molecule has 0 amide bonds. The molecule has 8 aromatic rings. The molecule has 0 saturated carbocycles. The highest BCUT2D eigenvalue weighted by molar-refractivity contribution is 6.29. The standard InChI is InChI=1S/C34H21N3O/c1-4-12-22(13-5-1)32-31-30-28(38-34(31)36-33(35-32)23-14-6-2-7-15-23)21-20-27-29(30)25-18-10-11-19-26(25)37(27)24-16-8-3-9-17-24/h1-21H.